The molecule has 20 heavy (non-hydrogen) atoms. The number of anilines is 1. The van der Waals surface area contributed by atoms with Crippen molar-refractivity contribution >= 4 is 17.5 Å². The molecule has 1 aromatic carbocycles. The number of carbonyl (C=O) groups excluding carboxylic acids is 2. The Labute approximate surface area is 119 Å². The topological polar surface area (TPSA) is 75.4 Å². The first-order chi connectivity index (χ1) is 9.54. The highest BCUT2D eigenvalue weighted by Gasteiger charge is 2.32. The lowest BCUT2D eigenvalue weighted by Crippen LogP contribution is -2.51. The Kier molecular flexibility index (Phi) is 4.27. The molecule has 1 saturated heterocycles. The molecular weight excluding hydrogens is 254 g/mol. The molecule has 1 aliphatic heterocycles. The number of nitrogens with two attached hydrogens (primary N) is 1. The van der Waals surface area contributed by atoms with Gasteiger partial charge in [-0.15, -0.1) is 0 Å². The minimum Gasteiger partial charge on any atom is -0.399 e. The summed E-state index contributed by atoms with van der Waals surface area (Å²) in [7, 11) is 1.61. The summed E-state index contributed by atoms with van der Waals surface area (Å²) >= 11 is 0. The summed E-state index contributed by atoms with van der Waals surface area (Å²) in [6, 6.07) is 4.88. The van der Waals surface area contributed by atoms with Gasteiger partial charge in [-0.1, -0.05) is 0 Å². The van der Waals surface area contributed by atoms with Gasteiger partial charge in [0, 0.05) is 24.8 Å². The summed E-state index contributed by atoms with van der Waals surface area (Å²) in [6.07, 6.45) is 2.63. The smallest absolute Gasteiger partial charge is 0.254 e. The zero-order chi connectivity index (χ0) is 14.7. The second-order valence-electron chi connectivity index (χ2n) is 5.20. The number of nitrogens with one attached hydrogen (secondary N) is 1. The first-order valence-electron chi connectivity index (χ1n) is 6.93. The monoisotopic (exact) mass is 275 g/mol. The van der Waals surface area contributed by atoms with Crippen molar-refractivity contribution in [2.45, 2.75) is 32.2 Å². The van der Waals surface area contributed by atoms with E-state index in [0.717, 1.165) is 24.8 Å². The van der Waals surface area contributed by atoms with Crippen LogP contribution in [0.4, 0.5) is 5.69 Å². The molecule has 2 amide bonds. The van der Waals surface area contributed by atoms with Gasteiger partial charge in [-0.3, -0.25) is 9.59 Å². The quantitative estimate of drug-likeness (QED) is 0.799. The van der Waals surface area contributed by atoms with Crippen LogP contribution in [0.1, 0.15) is 35.2 Å². The molecule has 0 aliphatic carbocycles. The third kappa shape index (κ3) is 2.76. The van der Waals surface area contributed by atoms with Gasteiger partial charge in [0.2, 0.25) is 5.91 Å². The molecule has 0 radical (unpaired) electrons. The maximum atomic E-state index is 12.7. The highest BCUT2D eigenvalue weighted by Crippen LogP contribution is 2.22. The molecule has 1 atom stereocenters. The summed E-state index contributed by atoms with van der Waals surface area (Å²) in [5.74, 6) is -0.179. The van der Waals surface area contributed by atoms with Crippen LogP contribution in [0, 0.1) is 6.92 Å². The number of benzene rings is 1. The molecule has 5 heteroatoms. The molecular formula is C15H21N3O2. The summed E-state index contributed by atoms with van der Waals surface area (Å²) in [5.41, 5.74) is 7.82. The summed E-state index contributed by atoms with van der Waals surface area (Å²) in [4.78, 5) is 26.3. The molecule has 0 spiro atoms. The van der Waals surface area contributed by atoms with Gasteiger partial charge in [0.15, 0.2) is 0 Å². The average Bonchev–Trinajstić information content (AvgIpc) is 2.46. The summed E-state index contributed by atoms with van der Waals surface area (Å²) in [5, 5.41) is 2.64. The van der Waals surface area contributed by atoms with E-state index in [0.29, 0.717) is 17.8 Å². The van der Waals surface area contributed by atoms with Crippen molar-refractivity contribution in [1.82, 2.24) is 10.2 Å². The lowest BCUT2D eigenvalue weighted by molar-refractivity contribution is -0.126. The van der Waals surface area contributed by atoms with Gasteiger partial charge in [0.25, 0.3) is 5.91 Å². The van der Waals surface area contributed by atoms with E-state index in [2.05, 4.69) is 5.32 Å². The van der Waals surface area contributed by atoms with E-state index in [4.69, 9.17) is 5.73 Å². The molecule has 1 fully saturated rings. The predicted molar refractivity (Wildman–Crippen MR) is 78.3 cm³/mol. The maximum Gasteiger partial charge on any atom is 0.254 e. The highest BCUT2D eigenvalue weighted by molar-refractivity contribution is 5.99. The Hall–Kier alpha value is -2.04. The van der Waals surface area contributed by atoms with Gasteiger partial charge >= 0.3 is 0 Å². The Morgan fingerprint density at radius 2 is 2.10 bits per heavy atom. The van der Waals surface area contributed by atoms with Gasteiger partial charge in [0.1, 0.15) is 6.04 Å². The lowest BCUT2D eigenvalue weighted by atomic mass is 9.98. The van der Waals surface area contributed by atoms with Crippen molar-refractivity contribution in [3.63, 3.8) is 0 Å². The fourth-order valence-electron chi connectivity index (χ4n) is 2.70. The molecule has 5 nitrogen and oxygen atoms in total. The highest BCUT2D eigenvalue weighted by atomic mass is 16.2. The lowest BCUT2D eigenvalue weighted by Gasteiger charge is -2.34. The zero-order valence-corrected chi connectivity index (χ0v) is 12.0. The SMILES string of the molecule is CNC(=O)C1CCCCN1C(=O)c1ccc(N)cc1C. The van der Waals surface area contributed by atoms with Crippen LogP contribution in [-0.2, 0) is 4.79 Å². The number of carbonyl (C=O) groups is 2. The second kappa shape index (κ2) is 5.94. The van der Waals surface area contributed by atoms with Gasteiger partial charge in [-0.05, 0) is 49.9 Å². The molecule has 3 N–H and O–H groups in total. The molecule has 108 valence electrons. The number of amides is 2. The van der Waals surface area contributed by atoms with Crippen molar-refractivity contribution in [2.24, 2.45) is 0 Å². The van der Waals surface area contributed by atoms with Crippen LogP contribution in [0.2, 0.25) is 0 Å². The van der Waals surface area contributed by atoms with Crippen LogP contribution < -0.4 is 11.1 Å². The number of nitrogens with zero attached hydrogens (tertiary/aromatic N) is 1. The van der Waals surface area contributed by atoms with E-state index in [-0.39, 0.29) is 17.9 Å². The fraction of sp³-hybridized carbons (Fsp3) is 0.467. The number of piperidine rings is 1. The van der Waals surface area contributed by atoms with Crippen LogP contribution in [0.5, 0.6) is 0 Å². The molecule has 0 saturated carbocycles. The van der Waals surface area contributed by atoms with Crippen molar-refractivity contribution in [1.29, 1.82) is 0 Å². The Balaban J connectivity index is 2.27. The Bertz CT molecular complexity index is 528. The van der Waals surface area contributed by atoms with E-state index in [1.165, 1.54) is 0 Å². The predicted octanol–water partition coefficient (Wildman–Crippen LogP) is 1.32. The zero-order valence-electron chi connectivity index (χ0n) is 12.0. The summed E-state index contributed by atoms with van der Waals surface area (Å²) in [6.45, 7) is 2.49. The van der Waals surface area contributed by atoms with E-state index in [1.807, 2.05) is 6.92 Å². The number of aryl methyl sites for hydroxylation is 1. The molecule has 0 aromatic heterocycles. The second-order valence-corrected chi connectivity index (χ2v) is 5.20. The molecule has 1 heterocycles. The molecule has 1 unspecified atom stereocenters. The van der Waals surface area contributed by atoms with E-state index in [1.54, 1.807) is 30.1 Å². The Morgan fingerprint density at radius 3 is 2.75 bits per heavy atom. The normalized spacial score (nSPS) is 18.7. The number of likely N-dealkylation sites (N-methyl/N-ethyl adjacent to an activating group) is 1. The van der Waals surface area contributed by atoms with Crippen molar-refractivity contribution in [3.8, 4) is 0 Å². The Morgan fingerprint density at radius 1 is 1.35 bits per heavy atom. The standard InChI is InChI=1S/C15H21N3O2/c1-10-9-11(16)6-7-12(10)15(20)18-8-4-3-5-13(18)14(19)17-2/h6-7,9,13H,3-5,8,16H2,1-2H3,(H,17,19). The van der Waals surface area contributed by atoms with Gasteiger partial charge in [-0.2, -0.15) is 0 Å². The van der Waals surface area contributed by atoms with E-state index in [9.17, 15) is 9.59 Å². The largest absolute Gasteiger partial charge is 0.399 e. The van der Waals surface area contributed by atoms with E-state index < -0.39 is 0 Å². The van der Waals surface area contributed by atoms with Crippen LogP contribution in [0.25, 0.3) is 0 Å². The van der Waals surface area contributed by atoms with Crippen LogP contribution >= 0.6 is 0 Å². The van der Waals surface area contributed by atoms with Crippen LogP contribution in [-0.4, -0.2) is 36.3 Å². The molecule has 2 rings (SSSR count). The number of rotatable bonds is 2. The fourth-order valence-corrected chi connectivity index (χ4v) is 2.70. The number of nitrogen functional groups attached to an aromatic ring is 1. The molecule has 1 aromatic rings. The number of hydrogen-bond donors (Lipinski definition) is 2. The molecule has 1 aliphatic rings. The van der Waals surface area contributed by atoms with Crippen LogP contribution in [0.3, 0.4) is 0 Å². The van der Waals surface area contributed by atoms with Crippen molar-refractivity contribution in [3.05, 3.63) is 29.3 Å². The van der Waals surface area contributed by atoms with E-state index >= 15 is 0 Å². The summed E-state index contributed by atoms with van der Waals surface area (Å²) < 4.78 is 0. The molecule has 0 bridgehead atoms. The van der Waals surface area contributed by atoms with Gasteiger partial charge < -0.3 is 16.0 Å². The third-order valence-electron chi connectivity index (χ3n) is 3.79. The van der Waals surface area contributed by atoms with Crippen LogP contribution in [0.15, 0.2) is 18.2 Å². The average molecular weight is 275 g/mol. The number of likely N-dealkylation sites (tertiary alicyclic amines) is 1. The first-order valence-corrected chi connectivity index (χ1v) is 6.93. The number of hydrogen-bond acceptors (Lipinski definition) is 3. The minimum atomic E-state index is -0.363. The maximum absolute atomic E-state index is 12.7. The minimum absolute atomic E-state index is 0.0872. The van der Waals surface area contributed by atoms with Gasteiger partial charge in [0.05, 0.1) is 0 Å². The first kappa shape index (κ1) is 14.4. The van der Waals surface area contributed by atoms with Crippen molar-refractivity contribution in [2.75, 3.05) is 19.3 Å². The van der Waals surface area contributed by atoms with Crippen molar-refractivity contribution < 1.29 is 9.59 Å². The van der Waals surface area contributed by atoms with Gasteiger partial charge in [-0.25, -0.2) is 0 Å². The third-order valence-corrected chi connectivity index (χ3v) is 3.79.